The highest BCUT2D eigenvalue weighted by Crippen LogP contribution is 2.53. The van der Waals surface area contributed by atoms with E-state index in [-0.39, 0.29) is 0 Å². The van der Waals surface area contributed by atoms with E-state index < -0.39 is 0 Å². The fourth-order valence-electron chi connectivity index (χ4n) is 2.26. The zero-order chi connectivity index (χ0) is 12.7. The van der Waals surface area contributed by atoms with Crippen LogP contribution in [0.3, 0.4) is 0 Å². The summed E-state index contributed by atoms with van der Waals surface area (Å²) in [6.07, 6.45) is 0. The predicted octanol–water partition coefficient (Wildman–Crippen LogP) is 5.84. The van der Waals surface area contributed by atoms with Crippen LogP contribution in [0.5, 0.6) is 0 Å². The van der Waals surface area contributed by atoms with E-state index >= 15 is 0 Å². The first kappa shape index (κ1) is 11.8. The van der Waals surface area contributed by atoms with Gasteiger partial charge < -0.3 is 5.32 Å². The summed E-state index contributed by atoms with van der Waals surface area (Å²) in [6.45, 7) is 0. The van der Waals surface area contributed by atoms with Crippen LogP contribution >= 0.6 is 35.3 Å². The van der Waals surface area contributed by atoms with Crippen molar-refractivity contribution in [2.75, 3.05) is 5.32 Å². The lowest BCUT2D eigenvalue weighted by molar-refractivity contribution is 1.25. The van der Waals surface area contributed by atoms with E-state index in [1.165, 1.54) is 26.7 Å². The van der Waals surface area contributed by atoms with Gasteiger partial charge in [-0.2, -0.15) is 0 Å². The smallest absolute Gasteiger partial charge is 0.0854 e. The second kappa shape index (κ2) is 4.85. The molecule has 0 atom stereocenters. The molecule has 0 aromatic heterocycles. The van der Waals surface area contributed by atoms with E-state index in [9.17, 15) is 0 Å². The van der Waals surface area contributed by atoms with Crippen molar-refractivity contribution in [3.8, 4) is 0 Å². The van der Waals surface area contributed by atoms with E-state index in [0.717, 1.165) is 0 Å². The van der Waals surface area contributed by atoms with Gasteiger partial charge >= 0.3 is 0 Å². The Morgan fingerprint density at radius 3 is 2.53 bits per heavy atom. The molecule has 0 radical (unpaired) electrons. The number of hydrogen-bond acceptors (Lipinski definition) is 4. The molecule has 0 saturated heterocycles. The van der Waals surface area contributed by atoms with Gasteiger partial charge in [-0.25, -0.2) is 0 Å². The molecule has 2 aliphatic rings. The molecule has 0 amide bonds. The lowest BCUT2D eigenvalue weighted by atomic mass is 10.2. The molecular weight excluding hydrogens is 290 g/mol. The first-order valence-corrected chi connectivity index (χ1v) is 8.75. The Balaban J connectivity index is 1.79. The molecular formula is C15H11NS3. The van der Waals surface area contributed by atoms with Gasteiger partial charge in [0.1, 0.15) is 0 Å². The second-order valence-electron chi connectivity index (χ2n) is 4.32. The van der Waals surface area contributed by atoms with Crippen LogP contribution in [0.25, 0.3) is 0 Å². The van der Waals surface area contributed by atoms with Gasteiger partial charge in [-0.05, 0) is 29.0 Å². The predicted molar refractivity (Wildman–Crippen MR) is 87.4 cm³/mol. The van der Waals surface area contributed by atoms with Gasteiger partial charge in [-0.3, -0.25) is 0 Å². The SMILES string of the molecule is C1=CSC(c2cccc3c2Nc2ccccc2S3)S1. The van der Waals surface area contributed by atoms with Crippen LogP contribution < -0.4 is 5.32 Å². The van der Waals surface area contributed by atoms with Crippen molar-refractivity contribution in [3.05, 3.63) is 58.8 Å². The third-order valence-electron chi connectivity index (χ3n) is 3.14. The molecule has 2 aromatic carbocycles. The lowest BCUT2D eigenvalue weighted by Gasteiger charge is -2.24. The molecule has 0 bridgehead atoms. The molecule has 0 saturated carbocycles. The minimum Gasteiger partial charge on any atom is -0.353 e. The summed E-state index contributed by atoms with van der Waals surface area (Å²) in [6, 6.07) is 15.1. The average Bonchev–Trinajstić information content (AvgIpc) is 2.98. The summed E-state index contributed by atoms with van der Waals surface area (Å²) in [5.74, 6) is 0. The summed E-state index contributed by atoms with van der Waals surface area (Å²) >= 11 is 5.62. The average molecular weight is 301 g/mol. The summed E-state index contributed by atoms with van der Waals surface area (Å²) in [7, 11) is 0. The Morgan fingerprint density at radius 2 is 1.63 bits per heavy atom. The van der Waals surface area contributed by atoms with E-state index in [0.29, 0.717) is 4.58 Å². The summed E-state index contributed by atoms with van der Waals surface area (Å²) < 4.78 is 0.480. The molecule has 94 valence electrons. The first-order valence-electron chi connectivity index (χ1n) is 6.04. The standard InChI is InChI=1S/C15H11NS3/c1-2-6-12-11(5-1)16-14-10(15-17-8-9-18-15)4-3-7-13(14)19-12/h1-9,15-16H. The van der Waals surface area contributed by atoms with Crippen LogP contribution in [0.15, 0.2) is 63.1 Å². The van der Waals surface area contributed by atoms with Crippen LogP contribution in [0.1, 0.15) is 10.1 Å². The van der Waals surface area contributed by atoms with Crippen LogP contribution in [0.4, 0.5) is 11.4 Å². The minimum atomic E-state index is 0.480. The molecule has 1 nitrogen and oxygen atoms in total. The van der Waals surface area contributed by atoms with Gasteiger partial charge in [0, 0.05) is 15.4 Å². The van der Waals surface area contributed by atoms with Crippen molar-refractivity contribution in [3.63, 3.8) is 0 Å². The molecule has 4 rings (SSSR count). The lowest BCUT2D eigenvalue weighted by Crippen LogP contribution is -2.03. The molecule has 19 heavy (non-hydrogen) atoms. The van der Waals surface area contributed by atoms with Crippen molar-refractivity contribution in [2.45, 2.75) is 14.4 Å². The van der Waals surface area contributed by atoms with Crippen molar-refractivity contribution in [1.82, 2.24) is 0 Å². The van der Waals surface area contributed by atoms with Crippen LogP contribution in [0, 0.1) is 0 Å². The second-order valence-corrected chi connectivity index (χ2v) is 7.73. The highest BCUT2D eigenvalue weighted by atomic mass is 32.2. The van der Waals surface area contributed by atoms with Gasteiger partial charge in [-0.1, -0.05) is 36.0 Å². The molecule has 0 unspecified atom stereocenters. The van der Waals surface area contributed by atoms with E-state index in [2.05, 4.69) is 58.6 Å². The quantitative estimate of drug-likeness (QED) is 0.605. The molecule has 2 aliphatic heterocycles. The van der Waals surface area contributed by atoms with Gasteiger partial charge in [0.25, 0.3) is 0 Å². The Bertz CT molecular complexity index is 658. The molecule has 0 spiro atoms. The monoisotopic (exact) mass is 301 g/mol. The zero-order valence-corrected chi connectivity index (χ0v) is 12.4. The molecule has 0 fully saturated rings. The maximum Gasteiger partial charge on any atom is 0.0854 e. The van der Waals surface area contributed by atoms with Crippen molar-refractivity contribution >= 4 is 46.7 Å². The highest BCUT2D eigenvalue weighted by Gasteiger charge is 2.23. The summed E-state index contributed by atoms with van der Waals surface area (Å²) in [5, 5.41) is 7.97. The maximum absolute atomic E-state index is 3.61. The fraction of sp³-hybridized carbons (Fsp3) is 0.0667. The maximum atomic E-state index is 3.61. The third-order valence-corrected chi connectivity index (χ3v) is 6.70. The van der Waals surface area contributed by atoms with Gasteiger partial charge in [0.05, 0.1) is 16.0 Å². The van der Waals surface area contributed by atoms with Crippen LogP contribution in [0.2, 0.25) is 0 Å². The summed E-state index contributed by atoms with van der Waals surface area (Å²) in [5.41, 5.74) is 3.88. The van der Waals surface area contributed by atoms with Gasteiger partial charge in [0.2, 0.25) is 0 Å². The number of hydrogen-bond donors (Lipinski definition) is 1. The third kappa shape index (κ3) is 2.08. The normalized spacial score (nSPS) is 16.8. The first-order chi connectivity index (χ1) is 9.42. The fourth-order valence-corrected chi connectivity index (χ4v) is 5.42. The number of benzene rings is 2. The molecule has 4 heteroatoms. The van der Waals surface area contributed by atoms with Crippen LogP contribution in [-0.2, 0) is 0 Å². The zero-order valence-electron chi connectivity index (χ0n) is 10.00. The Hall–Kier alpha value is -0.970. The Labute approximate surface area is 125 Å². The van der Waals surface area contributed by atoms with E-state index in [1.54, 1.807) is 0 Å². The Kier molecular flexibility index (Phi) is 3.02. The molecule has 0 aliphatic carbocycles. The van der Waals surface area contributed by atoms with E-state index in [4.69, 9.17) is 0 Å². The topological polar surface area (TPSA) is 12.0 Å². The van der Waals surface area contributed by atoms with Crippen LogP contribution in [-0.4, -0.2) is 0 Å². The van der Waals surface area contributed by atoms with Crippen molar-refractivity contribution < 1.29 is 0 Å². The molecule has 2 aromatic rings. The van der Waals surface area contributed by atoms with Crippen molar-refractivity contribution in [2.24, 2.45) is 0 Å². The molecule has 2 heterocycles. The minimum absolute atomic E-state index is 0.480. The highest BCUT2D eigenvalue weighted by molar-refractivity contribution is 8.21. The number of fused-ring (bicyclic) bond motifs is 2. The number of anilines is 2. The Morgan fingerprint density at radius 1 is 0.842 bits per heavy atom. The van der Waals surface area contributed by atoms with Crippen molar-refractivity contribution in [1.29, 1.82) is 0 Å². The molecule has 1 N–H and O–H groups in total. The van der Waals surface area contributed by atoms with Gasteiger partial charge in [0.15, 0.2) is 0 Å². The van der Waals surface area contributed by atoms with Gasteiger partial charge in [-0.15, -0.1) is 23.5 Å². The number of nitrogens with one attached hydrogen (secondary N) is 1. The number of rotatable bonds is 1. The largest absolute Gasteiger partial charge is 0.353 e. The van der Waals surface area contributed by atoms with E-state index in [1.807, 2.05) is 35.3 Å². The number of para-hydroxylation sites is 2. The number of thioether (sulfide) groups is 2. The summed E-state index contributed by atoms with van der Waals surface area (Å²) in [4.78, 5) is 2.63.